The Hall–Kier alpha value is -2.20. The lowest BCUT2D eigenvalue weighted by atomic mass is 10.2. The molecule has 0 bridgehead atoms. The van der Waals surface area contributed by atoms with E-state index in [0.717, 1.165) is 16.6 Å². The molecule has 0 unspecified atom stereocenters. The van der Waals surface area contributed by atoms with Crippen molar-refractivity contribution in [2.45, 2.75) is 0 Å². The molecule has 3 rings (SSSR count). The highest BCUT2D eigenvalue weighted by atomic mass is 16.5. The molecule has 0 spiro atoms. The lowest BCUT2D eigenvalue weighted by molar-refractivity contribution is 0.439. The predicted molar refractivity (Wildman–Crippen MR) is 71.9 cm³/mol. The van der Waals surface area contributed by atoms with Crippen LogP contribution in [0.15, 0.2) is 60.7 Å². The normalized spacial score (nSPS) is 10.5. The van der Waals surface area contributed by atoms with E-state index in [4.69, 9.17) is 9.68 Å². The summed E-state index contributed by atoms with van der Waals surface area (Å²) in [6.07, 6.45) is 0. The van der Waals surface area contributed by atoms with Crippen molar-refractivity contribution in [3.8, 4) is 11.6 Å². The minimum atomic E-state index is 0.588. The highest BCUT2D eigenvalue weighted by molar-refractivity contribution is 6.17. The molecule has 3 nitrogen and oxygen atoms in total. The molecule has 0 aliphatic carbocycles. The quantitative estimate of drug-likeness (QED) is 0.709. The Morgan fingerprint density at radius 2 is 1.67 bits per heavy atom. The first-order valence-corrected chi connectivity index (χ1v) is 5.68. The first-order chi connectivity index (χ1) is 8.90. The van der Waals surface area contributed by atoms with Gasteiger partial charge in [0.2, 0.25) is 0 Å². The SMILES string of the molecule is O[B]Oc1cc2ccccc2n1-c1ccccc1. The average molecular weight is 236 g/mol. The van der Waals surface area contributed by atoms with E-state index in [1.54, 1.807) is 0 Å². The third-order valence-corrected chi connectivity index (χ3v) is 2.86. The number of fused-ring (bicyclic) bond motifs is 1. The summed E-state index contributed by atoms with van der Waals surface area (Å²) < 4.78 is 7.13. The Labute approximate surface area is 106 Å². The third-order valence-electron chi connectivity index (χ3n) is 2.86. The maximum absolute atomic E-state index is 8.86. The summed E-state index contributed by atoms with van der Waals surface area (Å²) in [5.74, 6) is 0.588. The van der Waals surface area contributed by atoms with Crippen LogP contribution in [0, 0.1) is 0 Å². The van der Waals surface area contributed by atoms with Gasteiger partial charge < -0.3 is 9.68 Å². The largest absolute Gasteiger partial charge is 0.570 e. The molecule has 1 aromatic heterocycles. The van der Waals surface area contributed by atoms with E-state index < -0.39 is 0 Å². The van der Waals surface area contributed by atoms with Crippen LogP contribution in [0.2, 0.25) is 0 Å². The van der Waals surface area contributed by atoms with Crippen molar-refractivity contribution in [2.24, 2.45) is 0 Å². The topological polar surface area (TPSA) is 34.4 Å². The van der Waals surface area contributed by atoms with E-state index in [9.17, 15) is 0 Å². The van der Waals surface area contributed by atoms with Crippen LogP contribution >= 0.6 is 0 Å². The molecule has 1 radical (unpaired) electrons. The fourth-order valence-corrected chi connectivity index (χ4v) is 2.11. The van der Waals surface area contributed by atoms with Crippen molar-refractivity contribution in [1.29, 1.82) is 0 Å². The highest BCUT2D eigenvalue weighted by Gasteiger charge is 2.10. The van der Waals surface area contributed by atoms with Gasteiger partial charge >= 0.3 is 7.69 Å². The average Bonchev–Trinajstić information content (AvgIpc) is 2.78. The van der Waals surface area contributed by atoms with E-state index in [1.807, 2.05) is 65.2 Å². The van der Waals surface area contributed by atoms with Crippen LogP contribution < -0.4 is 4.65 Å². The zero-order chi connectivity index (χ0) is 12.4. The van der Waals surface area contributed by atoms with Gasteiger partial charge in [-0.05, 0) is 18.2 Å². The number of nitrogens with zero attached hydrogens (tertiary/aromatic N) is 1. The van der Waals surface area contributed by atoms with E-state index >= 15 is 0 Å². The fraction of sp³-hybridized carbons (Fsp3) is 0. The van der Waals surface area contributed by atoms with Crippen LogP contribution in [0.25, 0.3) is 16.6 Å². The number of benzene rings is 2. The zero-order valence-corrected chi connectivity index (χ0v) is 9.65. The number of rotatable bonds is 3. The van der Waals surface area contributed by atoms with E-state index in [-0.39, 0.29) is 0 Å². The highest BCUT2D eigenvalue weighted by Crippen LogP contribution is 2.29. The van der Waals surface area contributed by atoms with Crippen molar-refractivity contribution >= 4 is 18.6 Å². The van der Waals surface area contributed by atoms with Crippen LogP contribution in [-0.4, -0.2) is 17.3 Å². The number of hydrogen-bond donors (Lipinski definition) is 1. The Bertz CT molecular complexity index is 664. The summed E-state index contributed by atoms with van der Waals surface area (Å²) in [5, 5.41) is 9.92. The zero-order valence-electron chi connectivity index (χ0n) is 9.65. The van der Waals surface area contributed by atoms with Gasteiger partial charge in [-0.2, -0.15) is 0 Å². The van der Waals surface area contributed by atoms with Gasteiger partial charge in [0, 0.05) is 17.1 Å². The van der Waals surface area contributed by atoms with E-state index in [1.165, 1.54) is 0 Å². The summed E-state index contributed by atoms with van der Waals surface area (Å²) in [7, 11) is 0.702. The molecule has 1 heterocycles. The van der Waals surface area contributed by atoms with Crippen molar-refractivity contribution in [2.75, 3.05) is 0 Å². The molecule has 0 atom stereocenters. The summed E-state index contributed by atoms with van der Waals surface area (Å²) in [4.78, 5) is 0. The maximum Gasteiger partial charge on any atom is 0.570 e. The lowest BCUT2D eigenvalue weighted by Gasteiger charge is -2.10. The van der Waals surface area contributed by atoms with Gasteiger partial charge in [0.05, 0.1) is 5.52 Å². The third kappa shape index (κ3) is 1.77. The molecule has 3 aromatic rings. The van der Waals surface area contributed by atoms with Crippen LogP contribution in [-0.2, 0) is 0 Å². The van der Waals surface area contributed by atoms with Crippen LogP contribution in [0.3, 0.4) is 0 Å². The number of hydrogen-bond acceptors (Lipinski definition) is 2. The fourth-order valence-electron chi connectivity index (χ4n) is 2.11. The Morgan fingerprint density at radius 3 is 2.44 bits per heavy atom. The molecular formula is C14H11BNO2. The summed E-state index contributed by atoms with van der Waals surface area (Å²) in [5.41, 5.74) is 2.04. The Morgan fingerprint density at radius 1 is 0.944 bits per heavy atom. The Balaban J connectivity index is 2.28. The first kappa shape index (κ1) is 10.9. The van der Waals surface area contributed by atoms with Crippen LogP contribution in [0.4, 0.5) is 0 Å². The van der Waals surface area contributed by atoms with E-state index in [0.29, 0.717) is 13.6 Å². The second kappa shape index (κ2) is 4.59. The molecule has 2 aromatic carbocycles. The molecule has 0 fully saturated rings. The monoisotopic (exact) mass is 236 g/mol. The first-order valence-electron chi connectivity index (χ1n) is 5.68. The molecule has 0 amide bonds. The molecule has 18 heavy (non-hydrogen) atoms. The molecule has 0 saturated heterocycles. The molecule has 0 aliphatic rings. The second-order valence-corrected chi connectivity index (χ2v) is 3.94. The van der Waals surface area contributed by atoms with Gasteiger partial charge in [-0.25, -0.2) is 0 Å². The van der Waals surface area contributed by atoms with Gasteiger partial charge in [0.1, 0.15) is 0 Å². The Kier molecular flexibility index (Phi) is 2.78. The van der Waals surface area contributed by atoms with Gasteiger partial charge in [-0.3, -0.25) is 4.57 Å². The summed E-state index contributed by atoms with van der Waals surface area (Å²) in [6.45, 7) is 0. The van der Waals surface area contributed by atoms with Gasteiger partial charge in [0.15, 0.2) is 5.88 Å². The van der Waals surface area contributed by atoms with Crippen molar-refractivity contribution in [3.63, 3.8) is 0 Å². The molecule has 0 aliphatic heterocycles. The predicted octanol–water partition coefficient (Wildman–Crippen LogP) is 2.54. The minimum Gasteiger partial charge on any atom is -0.524 e. The molecule has 87 valence electrons. The molecule has 0 saturated carbocycles. The van der Waals surface area contributed by atoms with Crippen molar-refractivity contribution < 1.29 is 9.68 Å². The lowest BCUT2D eigenvalue weighted by Crippen LogP contribution is -2.05. The van der Waals surface area contributed by atoms with Gasteiger partial charge in [0.25, 0.3) is 0 Å². The van der Waals surface area contributed by atoms with Crippen molar-refractivity contribution in [1.82, 2.24) is 4.57 Å². The molecular weight excluding hydrogens is 225 g/mol. The summed E-state index contributed by atoms with van der Waals surface area (Å²) in [6, 6.07) is 19.8. The maximum atomic E-state index is 8.86. The van der Waals surface area contributed by atoms with Gasteiger partial charge in [-0.15, -0.1) is 0 Å². The molecule has 1 N–H and O–H groups in total. The number of aromatic nitrogens is 1. The smallest absolute Gasteiger partial charge is 0.524 e. The van der Waals surface area contributed by atoms with Gasteiger partial charge in [-0.1, -0.05) is 36.4 Å². The van der Waals surface area contributed by atoms with E-state index in [2.05, 4.69) is 0 Å². The second-order valence-electron chi connectivity index (χ2n) is 3.94. The number of para-hydroxylation sites is 2. The standard InChI is InChI=1S/C14H11BNO2/c17-15-18-14-10-11-6-4-5-9-13(11)16(14)12-7-2-1-3-8-12/h1-10,17H. The molecule has 4 heteroatoms. The summed E-state index contributed by atoms with van der Waals surface area (Å²) >= 11 is 0. The van der Waals surface area contributed by atoms with Crippen LogP contribution in [0.5, 0.6) is 5.88 Å². The minimum absolute atomic E-state index is 0.588. The van der Waals surface area contributed by atoms with Crippen LogP contribution in [0.1, 0.15) is 0 Å². The van der Waals surface area contributed by atoms with Crippen molar-refractivity contribution in [3.05, 3.63) is 60.7 Å².